The van der Waals surface area contributed by atoms with Crippen LogP contribution in [0.25, 0.3) is 26.8 Å². The van der Waals surface area contributed by atoms with Gasteiger partial charge >= 0.3 is 6.03 Å². The number of H-pyrrole nitrogens is 1. The van der Waals surface area contributed by atoms with E-state index in [0.717, 1.165) is 77.6 Å². The molecule has 10 nitrogen and oxygen atoms in total. The molecule has 2 amide bonds. The fourth-order valence-corrected chi connectivity index (χ4v) is 5.46. The number of carbonyl (C=O) groups excluding carboxylic acids is 1. The van der Waals surface area contributed by atoms with Crippen LogP contribution in [-0.4, -0.2) is 88.1 Å². The average molecular weight is 504 g/mol. The summed E-state index contributed by atoms with van der Waals surface area (Å²) in [7, 11) is 0. The largest absolute Gasteiger partial charge is 0.340 e. The molecular weight excluding hydrogens is 474 g/mol. The number of urea groups is 1. The van der Waals surface area contributed by atoms with E-state index in [1.807, 2.05) is 22.5 Å². The van der Waals surface area contributed by atoms with Crippen LogP contribution in [0.5, 0.6) is 0 Å². The molecule has 1 saturated heterocycles. The summed E-state index contributed by atoms with van der Waals surface area (Å²) in [4.78, 5) is 33.6. The number of piperazine rings is 1. The number of amides is 2. The number of nitrogens with zero attached hydrogens (tertiary/aromatic N) is 5. The average Bonchev–Trinajstić information content (AvgIpc) is 3.57. The Balaban J connectivity index is 1.10. The van der Waals surface area contributed by atoms with Crippen LogP contribution in [0, 0.1) is 0 Å². The molecule has 3 aromatic heterocycles. The van der Waals surface area contributed by atoms with E-state index in [4.69, 9.17) is 0 Å². The third kappa shape index (κ3) is 4.90. The zero-order valence-electron chi connectivity index (χ0n) is 20.0. The van der Waals surface area contributed by atoms with Crippen molar-refractivity contribution in [1.82, 2.24) is 40.4 Å². The minimum Gasteiger partial charge on any atom is -0.340 e. The van der Waals surface area contributed by atoms with Gasteiger partial charge in [-0.3, -0.25) is 4.90 Å². The number of fused-ring (bicyclic) bond motifs is 2. The summed E-state index contributed by atoms with van der Waals surface area (Å²) < 4.78 is 1.13. The molecule has 0 saturated carbocycles. The van der Waals surface area contributed by atoms with Gasteiger partial charge in [-0.2, -0.15) is 0 Å². The maximum Gasteiger partial charge on any atom is 0.317 e. The molecule has 0 atom stereocenters. The van der Waals surface area contributed by atoms with E-state index < -0.39 is 0 Å². The zero-order chi connectivity index (χ0) is 24.3. The Morgan fingerprint density at radius 3 is 2.89 bits per heavy atom. The van der Waals surface area contributed by atoms with E-state index in [-0.39, 0.29) is 6.03 Å². The fraction of sp³-hybridized carbons (Fsp3) is 0.360. The van der Waals surface area contributed by atoms with E-state index in [9.17, 15) is 4.79 Å². The first-order valence-electron chi connectivity index (χ1n) is 12.3. The van der Waals surface area contributed by atoms with Crippen LogP contribution in [0.3, 0.4) is 0 Å². The van der Waals surface area contributed by atoms with Crippen LogP contribution in [-0.2, 0) is 0 Å². The standard InChI is InChI=1S/C25H29N9OS/c35-25(27-7-12-33-10-5-26-6-11-33)34-8-3-17(4-9-34)21-14-19-23(28-15-29-24(19)32-21)31-18-1-2-20-22(13-18)36-16-30-20/h1-3,13-16,26H,4-12H2,(H,27,35)(H2,28,29,31,32). The molecule has 5 heterocycles. The Bertz CT molecular complexity index is 1410. The minimum absolute atomic E-state index is 0.00680. The Morgan fingerprint density at radius 2 is 2.03 bits per heavy atom. The number of benzene rings is 1. The predicted octanol–water partition coefficient (Wildman–Crippen LogP) is 3.02. The van der Waals surface area contributed by atoms with E-state index >= 15 is 0 Å². The number of anilines is 2. The van der Waals surface area contributed by atoms with Gasteiger partial charge in [-0.1, -0.05) is 6.08 Å². The van der Waals surface area contributed by atoms with Crippen LogP contribution in [0.1, 0.15) is 12.1 Å². The molecule has 186 valence electrons. The van der Waals surface area contributed by atoms with Crippen molar-refractivity contribution < 1.29 is 4.79 Å². The molecule has 36 heavy (non-hydrogen) atoms. The summed E-state index contributed by atoms with van der Waals surface area (Å²) in [5.41, 5.74) is 6.81. The Morgan fingerprint density at radius 1 is 1.11 bits per heavy atom. The maximum atomic E-state index is 12.6. The van der Waals surface area contributed by atoms with Crippen LogP contribution in [0.4, 0.5) is 16.3 Å². The van der Waals surface area contributed by atoms with Gasteiger partial charge in [0.1, 0.15) is 17.8 Å². The van der Waals surface area contributed by atoms with Gasteiger partial charge in [0, 0.05) is 63.7 Å². The highest BCUT2D eigenvalue weighted by Gasteiger charge is 2.20. The fourth-order valence-electron chi connectivity index (χ4n) is 4.75. The Labute approximate surface area is 212 Å². The van der Waals surface area contributed by atoms with E-state index in [2.05, 4.69) is 59.0 Å². The smallest absolute Gasteiger partial charge is 0.317 e. The number of rotatable bonds is 6. The predicted molar refractivity (Wildman–Crippen MR) is 144 cm³/mol. The molecule has 2 aliphatic rings. The van der Waals surface area contributed by atoms with Crippen LogP contribution < -0.4 is 16.0 Å². The van der Waals surface area contributed by atoms with Gasteiger partial charge in [0.05, 0.1) is 21.1 Å². The van der Waals surface area contributed by atoms with Crippen molar-refractivity contribution in [2.75, 3.05) is 57.7 Å². The summed E-state index contributed by atoms with van der Waals surface area (Å²) in [5.74, 6) is 0.758. The molecule has 4 aromatic rings. The number of aromatic nitrogens is 4. The first kappa shape index (κ1) is 22.9. The molecule has 1 aromatic carbocycles. The van der Waals surface area contributed by atoms with Gasteiger partial charge in [-0.25, -0.2) is 19.7 Å². The Hall–Kier alpha value is -3.54. The van der Waals surface area contributed by atoms with Gasteiger partial charge in [-0.05, 0) is 36.3 Å². The highest BCUT2D eigenvalue weighted by Crippen LogP contribution is 2.30. The number of aromatic amines is 1. The number of hydrogen-bond donors (Lipinski definition) is 4. The van der Waals surface area contributed by atoms with Crippen molar-refractivity contribution >= 4 is 55.7 Å². The molecule has 6 rings (SSSR count). The summed E-state index contributed by atoms with van der Waals surface area (Å²) >= 11 is 1.62. The zero-order valence-corrected chi connectivity index (χ0v) is 20.8. The van der Waals surface area contributed by atoms with Crippen molar-refractivity contribution in [1.29, 1.82) is 0 Å². The van der Waals surface area contributed by atoms with Gasteiger partial charge in [-0.15, -0.1) is 11.3 Å². The first-order valence-corrected chi connectivity index (χ1v) is 13.2. The summed E-state index contributed by atoms with van der Waals surface area (Å²) in [6.07, 6.45) is 4.48. The van der Waals surface area contributed by atoms with Crippen molar-refractivity contribution in [2.45, 2.75) is 6.42 Å². The monoisotopic (exact) mass is 503 g/mol. The van der Waals surface area contributed by atoms with Crippen molar-refractivity contribution in [2.24, 2.45) is 0 Å². The Kier molecular flexibility index (Phi) is 6.50. The second-order valence-corrected chi connectivity index (χ2v) is 9.96. The molecule has 0 aliphatic carbocycles. The van der Waals surface area contributed by atoms with E-state index in [1.54, 1.807) is 17.7 Å². The first-order chi connectivity index (χ1) is 17.7. The number of hydrogen-bond acceptors (Lipinski definition) is 8. The third-order valence-electron chi connectivity index (χ3n) is 6.78. The lowest BCUT2D eigenvalue weighted by molar-refractivity contribution is 0.197. The van der Waals surface area contributed by atoms with E-state index in [0.29, 0.717) is 19.6 Å². The second kappa shape index (κ2) is 10.2. The minimum atomic E-state index is 0.00680. The van der Waals surface area contributed by atoms with Gasteiger partial charge in [0.25, 0.3) is 0 Å². The van der Waals surface area contributed by atoms with Crippen molar-refractivity contribution in [3.05, 3.63) is 47.9 Å². The lowest BCUT2D eigenvalue weighted by Gasteiger charge is -2.29. The molecule has 0 radical (unpaired) electrons. The highest BCUT2D eigenvalue weighted by molar-refractivity contribution is 7.16. The molecule has 1 fully saturated rings. The molecule has 11 heteroatoms. The van der Waals surface area contributed by atoms with Gasteiger partial charge in [0.15, 0.2) is 0 Å². The molecule has 2 aliphatic heterocycles. The normalized spacial score (nSPS) is 16.9. The number of carbonyl (C=O) groups is 1. The van der Waals surface area contributed by atoms with Crippen molar-refractivity contribution in [3.63, 3.8) is 0 Å². The SMILES string of the molecule is O=C(NCCN1CCNCC1)N1CC=C(c2cc3c(Nc4ccc5ncsc5c4)ncnc3[nH]2)CC1. The highest BCUT2D eigenvalue weighted by atomic mass is 32.1. The number of thiazole rings is 1. The second-order valence-electron chi connectivity index (χ2n) is 9.08. The molecular formula is C25H29N9OS. The van der Waals surface area contributed by atoms with Crippen LogP contribution >= 0.6 is 11.3 Å². The number of nitrogens with one attached hydrogen (secondary N) is 4. The van der Waals surface area contributed by atoms with Gasteiger partial charge in [0.2, 0.25) is 0 Å². The van der Waals surface area contributed by atoms with Crippen molar-refractivity contribution in [3.8, 4) is 0 Å². The molecule has 0 unspecified atom stereocenters. The van der Waals surface area contributed by atoms with Gasteiger partial charge < -0.3 is 25.8 Å². The third-order valence-corrected chi connectivity index (χ3v) is 7.57. The summed E-state index contributed by atoms with van der Waals surface area (Å²) in [6, 6.07) is 8.21. The van der Waals surface area contributed by atoms with Crippen LogP contribution in [0.2, 0.25) is 0 Å². The maximum absolute atomic E-state index is 12.6. The molecule has 0 bridgehead atoms. The lowest BCUT2D eigenvalue weighted by Crippen LogP contribution is -2.48. The molecule has 4 N–H and O–H groups in total. The van der Waals surface area contributed by atoms with Crippen LogP contribution in [0.15, 0.2) is 42.2 Å². The topological polar surface area (TPSA) is 114 Å². The summed E-state index contributed by atoms with van der Waals surface area (Å²) in [6.45, 7) is 6.98. The quantitative estimate of drug-likeness (QED) is 0.320. The lowest BCUT2D eigenvalue weighted by atomic mass is 10.1. The molecule has 0 spiro atoms. The van der Waals surface area contributed by atoms with E-state index in [1.165, 1.54) is 5.57 Å². The summed E-state index contributed by atoms with van der Waals surface area (Å²) in [5, 5.41) is 10.8.